The molecule has 0 saturated carbocycles. The molecule has 2 N–H and O–H groups in total. The van der Waals surface area contributed by atoms with Gasteiger partial charge in [-0.15, -0.1) is 0 Å². The first-order valence-corrected chi connectivity index (χ1v) is 18.4. The number of morpholine rings is 2. The lowest BCUT2D eigenvalue weighted by Crippen LogP contribution is -2.48. The van der Waals surface area contributed by atoms with Crippen LogP contribution in [0.15, 0.2) is 84.9 Å². The zero-order valence-electron chi connectivity index (χ0n) is 30.6. The third kappa shape index (κ3) is 11.0. The molecule has 0 radical (unpaired) electrons. The average Bonchev–Trinajstić information content (AvgIpc) is 3.23. The van der Waals surface area contributed by atoms with E-state index >= 15 is 0 Å². The highest BCUT2D eigenvalue weighted by atomic mass is 35.5. The summed E-state index contributed by atoms with van der Waals surface area (Å²) >= 11 is 11.9. The Kier molecular flexibility index (Phi) is 15.1. The van der Waals surface area contributed by atoms with Crippen LogP contribution in [0, 0.1) is 11.6 Å². The average molecular weight is 813 g/mol. The molecule has 0 unspecified atom stereocenters. The van der Waals surface area contributed by atoms with Gasteiger partial charge in [-0.2, -0.15) is 0 Å². The lowest BCUT2D eigenvalue weighted by molar-refractivity contribution is 0.0548. The molecule has 6 rings (SSSR count). The van der Waals surface area contributed by atoms with E-state index in [1.165, 1.54) is 41.2 Å². The number of halogens is 4. The number of benzene rings is 4. The molecule has 2 fully saturated rings. The number of amides is 4. The Morgan fingerprint density at radius 2 is 1.05 bits per heavy atom. The topological polar surface area (TPSA) is 135 Å². The number of esters is 1. The van der Waals surface area contributed by atoms with E-state index in [0.29, 0.717) is 79.6 Å². The normalized spacial score (nSPS) is 14.0. The minimum absolute atomic E-state index is 0.00507. The molecule has 4 aromatic carbocycles. The molecule has 0 spiro atoms. The number of anilines is 2. The van der Waals surface area contributed by atoms with Crippen LogP contribution in [0.4, 0.5) is 29.7 Å². The Balaban J connectivity index is 0.000000214. The summed E-state index contributed by atoms with van der Waals surface area (Å²) in [5, 5.41) is 1.08. The molecule has 12 nitrogen and oxygen atoms in total. The number of hydrogen-bond donors (Lipinski definition) is 1. The zero-order valence-corrected chi connectivity index (χ0v) is 32.1. The van der Waals surface area contributed by atoms with Crippen molar-refractivity contribution >= 4 is 58.4 Å². The number of Topliss-reactive ketones (excluding diaryl/α,β-unsaturated/α-hetero) is 1. The van der Waals surface area contributed by atoms with Gasteiger partial charge in [0.2, 0.25) is 0 Å². The number of rotatable bonds is 9. The molecule has 2 aliphatic heterocycles. The molecule has 296 valence electrons. The largest absolute Gasteiger partial charge is 0.465 e. The molecular formula is C40H41Cl2F2N5O7. The number of ketones is 1. The van der Waals surface area contributed by atoms with Gasteiger partial charge in [-0.25, -0.2) is 23.2 Å². The Morgan fingerprint density at radius 1 is 0.661 bits per heavy atom. The molecular weight excluding hydrogens is 771 g/mol. The zero-order chi connectivity index (χ0) is 40.2. The van der Waals surface area contributed by atoms with E-state index in [4.69, 9.17) is 38.4 Å². The van der Waals surface area contributed by atoms with E-state index in [1.54, 1.807) is 58.3 Å². The van der Waals surface area contributed by atoms with Gasteiger partial charge in [-0.1, -0.05) is 41.4 Å². The van der Waals surface area contributed by atoms with Crippen molar-refractivity contribution in [3.63, 3.8) is 0 Å². The Labute approximate surface area is 333 Å². The van der Waals surface area contributed by atoms with Gasteiger partial charge in [0.25, 0.3) is 0 Å². The lowest BCUT2D eigenvalue weighted by Gasteiger charge is -2.33. The van der Waals surface area contributed by atoms with Gasteiger partial charge in [0.1, 0.15) is 11.6 Å². The van der Waals surface area contributed by atoms with Crippen LogP contribution in [0.25, 0.3) is 0 Å². The summed E-state index contributed by atoms with van der Waals surface area (Å²) in [6.45, 7) is 3.54. The second-order valence-electron chi connectivity index (χ2n) is 12.6. The highest BCUT2D eigenvalue weighted by Gasteiger charge is 2.27. The van der Waals surface area contributed by atoms with Gasteiger partial charge in [-0.05, 0) is 66.7 Å². The van der Waals surface area contributed by atoms with Crippen LogP contribution in [-0.4, -0.2) is 99.9 Å². The first kappa shape index (κ1) is 42.0. The number of ether oxygens (including phenoxy) is 3. The minimum Gasteiger partial charge on any atom is -0.465 e. The van der Waals surface area contributed by atoms with Crippen molar-refractivity contribution in [2.45, 2.75) is 13.1 Å². The van der Waals surface area contributed by atoms with Crippen LogP contribution in [0.1, 0.15) is 31.8 Å². The van der Waals surface area contributed by atoms with Gasteiger partial charge in [0, 0.05) is 64.3 Å². The number of nitrogens with zero attached hydrogens (tertiary/aromatic N) is 4. The van der Waals surface area contributed by atoms with Gasteiger partial charge >= 0.3 is 18.0 Å². The van der Waals surface area contributed by atoms with Crippen molar-refractivity contribution in [3.8, 4) is 0 Å². The van der Waals surface area contributed by atoms with E-state index in [-0.39, 0.29) is 54.2 Å². The number of carbonyl (C=O) groups excluding carboxylic acids is 4. The summed E-state index contributed by atoms with van der Waals surface area (Å²) < 4.78 is 44.4. The van der Waals surface area contributed by atoms with E-state index in [1.807, 2.05) is 0 Å². The highest BCUT2D eigenvalue weighted by Crippen LogP contribution is 2.26. The molecule has 16 heteroatoms. The fourth-order valence-electron chi connectivity index (χ4n) is 5.86. The molecule has 0 bridgehead atoms. The number of carbonyl (C=O) groups is 4. The smallest absolute Gasteiger partial charge is 0.337 e. The van der Waals surface area contributed by atoms with E-state index < -0.39 is 17.6 Å². The van der Waals surface area contributed by atoms with Crippen molar-refractivity contribution < 1.29 is 42.2 Å². The van der Waals surface area contributed by atoms with Crippen LogP contribution in [-0.2, 0) is 27.3 Å². The van der Waals surface area contributed by atoms with Gasteiger partial charge < -0.3 is 29.7 Å². The molecule has 56 heavy (non-hydrogen) atoms. The van der Waals surface area contributed by atoms with Gasteiger partial charge in [0.15, 0.2) is 5.78 Å². The Morgan fingerprint density at radius 3 is 1.43 bits per heavy atom. The van der Waals surface area contributed by atoms with Crippen LogP contribution < -0.4 is 15.5 Å². The maximum absolute atomic E-state index is 14.6. The van der Waals surface area contributed by atoms with Crippen molar-refractivity contribution in [2.75, 3.05) is 76.1 Å². The molecule has 2 aliphatic rings. The Bertz CT molecular complexity index is 1850. The summed E-state index contributed by atoms with van der Waals surface area (Å²) in [5.41, 5.74) is 7.43. The first-order valence-electron chi connectivity index (χ1n) is 17.7. The molecule has 0 aromatic heterocycles. The molecule has 4 amide bonds. The number of methoxy groups -OCH3 is 1. The summed E-state index contributed by atoms with van der Waals surface area (Å²) in [4.78, 5) is 55.8. The van der Waals surface area contributed by atoms with E-state index in [2.05, 4.69) is 4.74 Å². The van der Waals surface area contributed by atoms with E-state index in [9.17, 15) is 28.0 Å². The minimum atomic E-state index is -0.621. The van der Waals surface area contributed by atoms with Crippen LogP contribution in [0.3, 0.4) is 0 Å². The second-order valence-corrected chi connectivity index (χ2v) is 13.5. The maximum Gasteiger partial charge on any atom is 0.337 e. The standard InChI is InChI=1S/C20H21ClFN3O3.C20H20ClFN2O4/c21-16-3-5-17(6-4-16)25(20(27)24-7-9-28-10-8-24)13-15-2-1-14(11-18(15)22)19(26)12-23;1-27-19(25)14-2-3-15(18(22)12-14)13-24(17-6-4-16(21)5-7-17)20(26)23-8-10-28-11-9-23/h1-6,11H,7-10,12-13,23H2;2-7,12H,8-11,13H2,1H3. The summed E-state index contributed by atoms with van der Waals surface area (Å²) in [7, 11) is 1.23. The number of hydrogen-bond acceptors (Lipinski definition) is 8. The van der Waals surface area contributed by atoms with Gasteiger partial charge in [0.05, 0.1) is 58.7 Å². The quantitative estimate of drug-likeness (QED) is 0.144. The number of nitrogens with two attached hydrogens (primary N) is 1. The molecule has 2 heterocycles. The van der Waals surface area contributed by atoms with Crippen molar-refractivity contribution in [1.29, 1.82) is 0 Å². The predicted molar refractivity (Wildman–Crippen MR) is 208 cm³/mol. The summed E-state index contributed by atoms with van der Waals surface area (Å²) in [6, 6.07) is 21.3. The van der Waals surface area contributed by atoms with Crippen molar-refractivity contribution in [3.05, 3.63) is 129 Å². The highest BCUT2D eigenvalue weighted by molar-refractivity contribution is 6.31. The SMILES string of the molecule is COC(=O)c1ccc(CN(C(=O)N2CCOCC2)c2ccc(Cl)cc2)c(F)c1.NCC(=O)c1ccc(CN(C(=O)N2CCOCC2)c2ccc(Cl)cc2)c(F)c1. The Hall–Kier alpha value is -5.12. The molecule has 4 aromatic rings. The summed E-state index contributed by atoms with van der Waals surface area (Å²) in [5.74, 6) is -2.11. The number of urea groups is 2. The monoisotopic (exact) mass is 811 g/mol. The van der Waals surface area contributed by atoms with Crippen molar-refractivity contribution in [2.24, 2.45) is 5.73 Å². The summed E-state index contributed by atoms with van der Waals surface area (Å²) in [6.07, 6.45) is 0. The predicted octanol–water partition coefficient (Wildman–Crippen LogP) is 6.80. The fourth-order valence-corrected chi connectivity index (χ4v) is 6.11. The second kappa shape index (κ2) is 20.2. The third-order valence-electron chi connectivity index (χ3n) is 8.99. The fraction of sp³-hybridized carbons (Fsp3) is 0.300. The van der Waals surface area contributed by atoms with Crippen LogP contribution in [0.5, 0.6) is 0 Å². The third-order valence-corrected chi connectivity index (χ3v) is 9.50. The van der Waals surface area contributed by atoms with Gasteiger partial charge in [-0.3, -0.25) is 14.6 Å². The van der Waals surface area contributed by atoms with Crippen molar-refractivity contribution in [1.82, 2.24) is 9.80 Å². The lowest BCUT2D eigenvalue weighted by atomic mass is 10.1. The molecule has 0 aliphatic carbocycles. The van der Waals surface area contributed by atoms with Crippen LogP contribution >= 0.6 is 23.2 Å². The molecule has 0 atom stereocenters. The molecule has 2 saturated heterocycles. The first-order chi connectivity index (χ1) is 27.0. The van der Waals surface area contributed by atoms with E-state index in [0.717, 1.165) is 12.1 Å². The van der Waals surface area contributed by atoms with Crippen LogP contribution in [0.2, 0.25) is 10.0 Å². The maximum atomic E-state index is 14.6.